The Morgan fingerprint density at radius 1 is 1.33 bits per heavy atom. The van der Waals surface area contributed by atoms with Crippen LogP contribution in [0.2, 0.25) is 0 Å². The number of halogens is 2. The number of nitrogens with zero attached hydrogens (tertiary/aromatic N) is 1. The maximum absolute atomic E-state index is 12.6. The van der Waals surface area contributed by atoms with Crippen LogP contribution in [0, 0.1) is 28.7 Å². The van der Waals surface area contributed by atoms with Gasteiger partial charge in [-0.25, -0.2) is 0 Å². The third-order valence-electron chi connectivity index (χ3n) is 1.22. The molecule has 0 atom stereocenters. The zero-order valence-electron chi connectivity index (χ0n) is 5.75. The zero-order valence-corrected chi connectivity index (χ0v) is 5.75. The summed E-state index contributed by atoms with van der Waals surface area (Å²) in [6.45, 7) is 5.03. The van der Waals surface area contributed by atoms with Crippen molar-refractivity contribution in [2.75, 3.05) is 0 Å². The molecule has 0 aromatic heterocycles. The van der Waals surface area contributed by atoms with Gasteiger partial charge >= 0.3 is 5.69 Å². The van der Waals surface area contributed by atoms with Gasteiger partial charge in [-0.05, 0) is 24.6 Å². The van der Waals surface area contributed by atoms with E-state index >= 15 is 0 Å². The van der Waals surface area contributed by atoms with E-state index in [0.717, 1.165) is 0 Å². The van der Waals surface area contributed by atoms with Crippen molar-refractivity contribution in [2.45, 2.75) is 0 Å². The molecule has 1 aromatic carbocycles. The highest BCUT2D eigenvalue weighted by Gasteiger charge is 2.20. The van der Waals surface area contributed by atoms with Crippen LogP contribution in [0.5, 0.6) is 0 Å². The molecule has 0 spiro atoms. The SMILES string of the molecule is [CH]c1cc(F)c([N+](=O)[O-])c(F)c1. The zero-order chi connectivity index (χ0) is 9.30. The van der Waals surface area contributed by atoms with E-state index in [1.54, 1.807) is 0 Å². The second kappa shape index (κ2) is 2.84. The summed E-state index contributed by atoms with van der Waals surface area (Å²) in [7, 11) is 0. The lowest BCUT2D eigenvalue weighted by atomic mass is 10.2. The molecular weight excluding hydrogens is 168 g/mol. The first-order valence-corrected chi connectivity index (χ1v) is 2.91. The summed E-state index contributed by atoms with van der Waals surface area (Å²) in [4.78, 5) is 8.90. The van der Waals surface area contributed by atoms with Crippen LogP contribution in [0.1, 0.15) is 5.56 Å². The highest BCUT2D eigenvalue weighted by molar-refractivity contribution is 5.37. The predicted octanol–water partition coefficient (Wildman–Crippen LogP) is 1.93. The lowest BCUT2D eigenvalue weighted by Crippen LogP contribution is -1.97. The smallest absolute Gasteiger partial charge is 0.258 e. The van der Waals surface area contributed by atoms with Gasteiger partial charge in [0.2, 0.25) is 11.6 Å². The highest BCUT2D eigenvalue weighted by atomic mass is 19.1. The molecule has 0 heterocycles. The van der Waals surface area contributed by atoms with E-state index in [9.17, 15) is 18.9 Å². The van der Waals surface area contributed by atoms with Gasteiger partial charge in [0.15, 0.2) is 0 Å². The molecule has 0 saturated heterocycles. The average molecular weight is 171 g/mol. The Morgan fingerprint density at radius 2 is 1.75 bits per heavy atom. The standard InChI is InChI=1S/C7H3F2NO2/c1-4-2-5(8)7(10(11)12)6(9)3-4/h1-3H. The van der Waals surface area contributed by atoms with E-state index in [2.05, 4.69) is 0 Å². The Labute approximate surface area is 66.8 Å². The van der Waals surface area contributed by atoms with Gasteiger partial charge < -0.3 is 0 Å². The second-order valence-electron chi connectivity index (χ2n) is 2.09. The van der Waals surface area contributed by atoms with Gasteiger partial charge in [0.1, 0.15) is 0 Å². The Kier molecular flexibility index (Phi) is 2.03. The summed E-state index contributed by atoms with van der Waals surface area (Å²) in [5, 5.41) is 10.0. The normalized spacial score (nSPS) is 9.92. The van der Waals surface area contributed by atoms with Crippen molar-refractivity contribution >= 4 is 5.69 Å². The number of hydrogen-bond acceptors (Lipinski definition) is 2. The number of rotatable bonds is 1. The van der Waals surface area contributed by atoms with Gasteiger partial charge in [-0.15, -0.1) is 0 Å². The largest absolute Gasteiger partial charge is 0.340 e. The molecule has 62 valence electrons. The molecule has 0 saturated carbocycles. The van der Waals surface area contributed by atoms with E-state index in [1.165, 1.54) is 0 Å². The molecule has 0 bridgehead atoms. The van der Waals surface area contributed by atoms with Gasteiger partial charge in [-0.1, -0.05) is 0 Å². The molecule has 1 rings (SSSR count). The van der Waals surface area contributed by atoms with Gasteiger partial charge in [-0.3, -0.25) is 10.1 Å². The fourth-order valence-electron chi connectivity index (χ4n) is 0.760. The third kappa shape index (κ3) is 1.39. The van der Waals surface area contributed by atoms with Crippen molar-refractivity contribution in [3.8, 4) is 0 Å². The molecule has 1 aromatic rings. The third-order valence-corrected chi connectivity index (χ3v) is 1.22. The maximum Gasteiger partial charge on any atom is 0.340 e. The maximum atomic E-state index is 12.6. The van der Waals surface area contributed by atoms with Crippen molar-refractivity contribution in [3.63, 3.8) is 0 Å². The summed E-state index contributed by atoms with van der Waals surface area (Å²) in [5.41, 5.74) is -1.36. The molecule has 0 N–H and O–H groups in total. The van der Waals surface area contributed by atoms with Crippen LogP contribution in [-0.4, -0.2) is 4.92 Å². The van der Waals surface area contributed by atoms with E-state index in [0.29, 0.717) is 12.1 Å². The minimum absolute atomic E-state index is 0.185. The van der Waals surface area contributed by atoms with E-state index in [1.807, 2.05) is 0 Å². The van der Waals surface area contributed by atoms with Crippen LogP contribution in [0.4, 0.5) is 14.5 Å². The molecule has 0 amide bonds. The first-order valence-electron chi connectivity index (χ1n) is 2.91. The molecule has 0 fully saturated rings. The van der Waals surface area contributed by atoms with Gasteiger partial charge in [0.05, 0.1) is 4.92 Å². The topological polar surface area (TPSA) is 43.1 Å². The Morgan fingerprint density at radius 3 is 2.08 bits per heavy atom. The highest BCUT2D eigenvalue weighted by Crippen LogP contribution is 2.22. The molecular formula is C7H3F2NO2. The molecule has 12 heavy (non-hydrogen) atoms. The number of hydrogen-bond donors (Lipinski definition) is 0. The van der Waals surface area contributed by atoms with E-state index in [4.69, 9.17) is 6.92 Å². The number of nitro groups is 1. The molecule has 0 aliphatic carbocycles. The van der Waals surface area contributed by atoms with Gasteiger partial charge in [0.25, 0.3) is 0 Å². The average Bonchev–Trinajstić information content (AvgIpc) is 1.82. The van der Waals surface area contributed by atoms with E-state index in [-0.39, 0.29) is 5.56 Å². The monoisotopic (exact) mass is 171 g/mol. The van der Waals surface area contributed by atoms with Crippen LogP contribution in [0.15, 0.2) is 12.1 Å². The molecule has 0 aliphatic heterocycles. The van der Waals surface area contributed by atoms with Crippen LogP contribution < -0.4 is 0 Å². The Balaban J connectivity index is 3.38. The van der Waals surface area contributed by atoms with Crippen molar-refractivity contribution in [1.29, 1.82) is 0 Å². The fourth-order valence-corrected chi connectivity index (χ4v) is 0.760. The Hall–Kier alpha value is -1.52. The van der Waals surface area contributed by atoms with E-state index < -0.39 is 22.2 Å². The first-order chi connectivity index (χ1) is 5.52. The van der Waals surface area contributed by atoms with Crippen LogP contribution in [0.25, 0.3) is 0 Å². The van der Waals surface area contributed by atoms with Crippen LogP contribution in [0.3, 0.4) is 0 Å². The minimum Gasteiger partial charge on any atom is -0.258 e. The summed E-state index contributed by atoms with van der Waals surface area (Å²) < 4.78 is 25.2. The molecule has 0 unspecified atom stereocenters. The van der Waals surface area contributed by atoms with Crippen molar-refractivity contribution in [3.05, 3.63) is 46.4 Å². The van der Waals surface area contributed by atoms with Crippen molar-refractivity contribution in [1.82, 2.24) is 0 Å². The fraction of sp³-hybridized carbons (Fsp3) is 0. The van der Waals surface area contributed by atoms with Crippen molar-refractivity contribution < 1.29 is 13.7 Å². The number of benzene rings is 1. The predicted molar refractivity (Wildman–Crippen MR) is 36.4 cm³/mol. The molecule has 0 aliphatic rings. The summed E-state index contributed by atoms with van der Waals surface area (Å²) in [6, 6.07) is 1.39. The lowest BCUT2D eigenvalue weighted by Gasteiger charge is -1.96. The first kappa shape index (κ1) is 8.58. The summed E-state index contributed by atoms with van der Waals surface area (Å²) in [6.07, 6.45) is 0. The molecule has 3 nitrogen and oxygen atoms in total. The van der Waals surface area contributed by atoms with Gasteiger partial charge in [0, 0.05) is 0 Å². The quantitative estimate of drug-likeness (QED) is 0.478. The summed E-state index contributed by atoms with van der Waals surface area (Å²) >= 11 is 0. The molecule has 5 heteroatoms. The summed E-state index contributed by atoms with van der Waals surface area (Å²) in [5.74, 6) is -2.53. The minimum atomic E-state index is -1.27. The lowest BCUT2D eigenvalue weighted by molar-refractivity contribution is -0.390. The van der Waals surface area contributed by atoms with Crippen LogP contribution in [-0.2, 0) is 0 Å². The van der Waals surface area contributed by atoms with Crippen LogP contribution >= 0.6 is 0 Å². The Bertz CT molecular complexity index is 315. The molecule has 2 radical (unpaired) electrons. The van der Waals surface area contributed by atoms with Gasteiger partial charge in [-0.2, -0.15) is 8.78 Å². The second-order valence-corrected chi connectivity index (χ2v) is 2.09. The number of nitro benzene ring substituents is 1. The van der Waals surface area contributed by atoms with Crippen molar-refractivity contribution in [2.24, 2.45) is 0 Å².